The molecule has 2 aromatic heterocycles. The van der Waals surface area contributed by atoms with Crippen LogP contribution >= 0.6 is 11.3 Å². The molecule has 0 bridgehead atoms. The van der Waals surface area contributed by atoms with Crippen LogP contribution < -0.4 is 14.8 Å². The molecular formula is C17H15N3O4S. The largest absolute Gasteiger partial charge is 0.486 e. The summed E-state index contributed by atoms with van der Waals surface area (Å²) in [6, 6.07) is 7.30. The van der Waals surface area contributed by atoms with Gasteiger partial charge in [0.2, 0.25) is 5.91 Å². The lowest BCUT2D eigenvalue weighted by atomic mass is 10.1. The van der Waals surface area contributed by atoms with Gasteiger partial charge in [0.25, 0.3) is 0 Å². The van der Waals surface area contributed by atoms with Crippen molar-refractivity contribution >= 4 is 22.4 Å². The molecule has 8 heteroatoms. The third-order valence-corrected chi connectivity index (χ3v) is 4.47. The smallest absolute Gasteiger partial charge is 0.232 e. The van der Waals surface area contributed by atoms with E-state index in [-0.39, 0.29) is 12.3 Å². The van der Waals surface area contributed by atoms with Gasteiger partial charge in [-0.05, 0) is 25.1 Å². The predicted molar refractivity (Wildman–Crippen MR) is 92.1 cm³/mol. The summed E-state index contributed by atoms with van der Waals surface area (Å²) in [7, 11) is 0. The molecule has 0 atom stereocenters. The van der Waals surface area contributed by atoms with Gasteiger partial charge in [-0.1, -0.05) is 5.16 Å². The van der Waals surface area contributed by atoms with Gasteiger partial charge < -0.3 is 19.3 Å². The van der Waals surface area contributed by atoms with Gasteiger partial charge in [0.1, 0.15) is 13.2 Å². The normalized spacial score (nSPS) is 12.8. The van der Waals surface area contributed by atoms with Gasteiger partial charge >= 0.3 is 0 Å². The number of fused-ring (bicyclic) bond motifs is 1. The van der Waals surface area contributed by atoms with Crippen LogP contribution in [-0.4, -0.2) is 29.3 Å². The van der Waals surface area contributed by atoms with Crippen molar-refractivity contribution in [1.82, 2.24) is 10.1 Å². The number of ether oxygens (including phenoxy) is 2. The van der Waals surface area contributed by atoms with E-state index in [4.69, 9.17) is 14.0 Å². The number of carbonyl (C=O) groups is 1. The van der Waals surface area contributed by atoms with E-state index < -0.39 is 0 Å². The van der Waals surface area contributed by atoms with Crippen LogP contribution in [0.3, 0.4) is 0 Å². The number of amides is 1. The van der Waals surface area contributed by atoms with Crippen molar-refractivity contribution in [3.05, 3.63) is 41.0 Å². The van der Waals surface area contributed by atoms with Gasteiger partial charge in [-0.25, -0.2) is 4.98 Å². The zero-order chi connectivity index (χ0) is 17.2. The minimum absolute atomic E-state index is 0.118. The Labute approximate surface area is 147 Å². The molecule has 1 aliphatic rings. The van der Waals surface area contributed by atoms with E-state index in [1.165, 1.54) is 11.3 Å². The highest BCUT2D eigenvalue weighted by atomic mass is 32.1. The number of anilines is 1. The fraction of sp³-hybridized carbons (Fsp3) is 0.235. The molecule has 3 heterocycles. The number of rotatable bonds is 4. The van der Waals surface area contributed by atoms with E-state index in [1.54, 1.807) is 6.07 Å². The molecule has 0 spiro atoms. The molecule has 25 heavy (non-hydrogen) atoms. The molecule has 1 N–H and O–H groups in total. The van der Waals surface area contributed by atoms with Gasteiger partial charge in [-0.15, -0.1) is 11.3 Å². The molecule has 1 amide bonds. The maximum absolute atomic E-state index is 12.1. The van der Waals surface area contributed by atoms with E-state index in [0.29, 0.717) is 41.3 Å². The molecule has 0 radical (unpaired) electrons. The monoisotopic (exact) mass is 357 g/mol. The van der Waals surface area contributed by atoms with Crippen molar-refractivity contribution < 1.29 is 18.8 Å². The lowest BCUT2D eigenvalue weighted by molar-refractivity contribution is -0.115. The molecule has 1 aromatic carbocycles. The van der Waals surface area contributed by atoms with E-state index in [0.717, 1.165) is 11.3 Å². The maximum atomic E-state index is 12.1. The van der Waals surface area contributed by atoms with Crippen molar-refractivity contribution in [1.29, 1.82) is 0 Å². The van der Waals surface area contributed by atoms with Gasteiger partial charge in [0, 0.05) is 17.0 Å². The quantitative estimate of drug-likeness (QED) is 0.772. The molecule has 7 nitrogen and oxygen atoms in total. The molecule has 0 saturated heterocycles. The number of hydrogen-bond donors (Lipinski definition) is 1. The Kier molecular flexibility index (Phi) is 4.10. The third kappa shape index (κ3) is 3.48. The highest BCUT2D eigenvalue weighted by molar-refractivity contribution is 7.13. The highest BCUT2D eigenvalue weighted by Crippen LogP contribution is 2.34. The first-order valence-electron chi connectivity index (χ1n) is 7.75. The molecule has 0 aliphatic carbocycles. The molecule has 128 valence electrons. The molecular weight excluding hydrogens is 342 g/mol. The molecule has 3 aromatic rings. The first kappa shape index (κ1) is 15.6. The molecule has 0 fully saturated rings. The van der Waals surface area contributed by atoms with Crippen LogP contribution in [0.1, 0.15) is 11.4 Å². The van der Waals surface area contributed by atoms with Crippen LogP contribution in [-0.2, 0) is 11.2 Å². The molecule has 1 aliphatic heterocycles. The Balaban J connectivity index is 1.45. The topological polar surface area (TPSA) is 86.5 Å². The minimum atomic E-state index is -0.184. The standard InChI is InChI=1S/C17H15N3O4S/c1-10-9-25-17(18-10)19-16(21)8-12-7-14(24-20-12)11-2-3-13-15(6-11)23-5-4-22-13/h2-3,6-7,9H,4-5,8H2,1H3,(H,18,19,21). The summed E-state index contributed by atoms with van der Waals surface area (Å²) < 4.78 is 16.4. The van der Waals surface area contributed by atoms with Crippen LogP contribution in [0.25, 0.3) is 11.3 Å². The number of nitrogens with one attached hydrogen (secondary N) is 1. The lowest BCUT2D eigenvalue weighted by Crippen LogP contribution is -2.15. The number of hydrogen-bond acceptors (Lipinski definition) is 7. The molecule has 0 saturated carbocycles. The van der Waals surface area contributed by atoms with Crippen molar-refractivity contribution in [2.45, 2.75) is 13.3 Å². The second-order valence-electron chi connectivity index (χ2n) is 5.56. The number of benzene rings is 1. The number of carbonyl (C=O) groups excluding carboxylic acids is 1. The third-order valence-electron chi connectivity index (χ3n) is 3.59. The zero-order valence-corrected chi connectivity index (χ0v) is 14.3. The first-order chi connectivity index (χ1) is 12.2. The number of aromatic nitrogens is 2. The predicted octanol–water partition coefficient (Wildman–Crippen LogP) is 3.06. The fourth-order valence-electron chi connectivity index (χ4n) is 2.47. The van der Waals surface area contributed by atoms with Crippen LogP contribution in [0.4, 0.5) is 5.13 Å². The summed E-state index contributed by atoms with van der Waals surface area (Å²) >= 11 is 1.39. The Morgan fingerprint density at radius 2 is 2.08 bits per heavy atom. The SMILES string of the molecule is Cc1csc(NC(=O)Cc2cc(-c3ccc4c(c3)OCCO4)on2)n1. The molecule has 4 rings (SSSR count). The average molecular weight is 357 g/mol. The number of nitrogens with zero attached hydrogens (tertiary/aromatic N) is 2. The first-order valence-corrected chi connectivity index (χ1v) is 8.63. The Morgan fingerprint density at radius 1 is 1.24 bits per heavy atom. The Morgan fingerprint density at radius 3 is 2.88 bits per heavy atom. The van der Waals surface area contributed by atoms with E-state index in [9.17, 15) is 4.79 Å². The highest BCUT2D eigenvalue weighted by Gasteiger charge is 2.16. The summed E-state index contributed by atoms with van der Waals surface area (Å²) in [5.41, 5.74) is 2.25. The van der Waals surface area contributed by atoms with E-state index in [2.05, 4.69) is 15.5 Å². The maximum Gasteiger partial charge on any atom is 0.232 e. The lowest BCUT2D eigenvalue weighted by Gasteiger charge is -2.18. The Bertz CT molecular complexity index is 918. The second-order valence-corrected chi connectivity index (χ2v) is 6.42. The van der Waals surface area contributed by atoms with E-state index in [1.807, 2.05) is 30.5 Å². The van der Waals surface area contributed by atoms with Crippen molar-refractivity contribution in [3.63, 3.8) is 0 Å². The fourth-order valence-corrected chi connectivity index (χ4v) is 3.17. The summed E-state index contributed by atoms with van der Waals surface area (Å²) in [4.78, 5) is 16.3. The second kappa shape index (κ2) is 6.56. The van der Waals surface area contributed by atoms with Crippen LogP contribution in [0, 0.1) is 6.92 Å². The number of aryl methyl sites for hydroxylation is 1. The summed E-state index contributed by atoms with van der Waals surface area (Å²) in [5.74, 6) is 1.78. The van der Waals surface area contributed by atoms with E-state index >= 15 is 0 Å². The van der Waals surface area contributed by atoms with Gasteiger partial charge in [-0.2, -0.15) is 0 Å². The summed E-state index contributed by atoms with van der Waals surface area (Å²) in [5, 5.41) is 9.18. The van der Waals surface area contributed by atoms with Crippen molar-refractivity contribution in [3.8, 4) is 22.8 Å². The average Bonchev–Trinajstić information content (AvgIpc) is 3.23. The van der Waals surface area contributed by atoms with Crippen LogP contribution in [0.15, 0.2) is 34.2 Å². The molecule has 0 unspecified atom stereocenters. The Hall–Kier alpha value is -2.87. The van der Waals surface area contributed by atoms with Gasteiger partial charge in [0.15, 0.2) is 22.4 Å². The van der Waals surface area contributed by atoms with Crippen molar-refractivity contribution in [2.24, 2.45) is 0 Å². The summed E-state index contributed by atoms with van der Waals surface area (Å²) in [6.07, 6.45) is 0.118. The number of thiazole rings is 1. The van der Waals surface area contributed by atoms with Crippen molar-refractivity contribution in [2.75, 3.05) is 18.5 Å². The summed E-state index contributed by atoms with van der Waals surface area (Å²) in [6.45, 7) is 2.95. The zero-order valence-electron chi connectivity index (χ0n) is 13.4. The van der Waals surface area contributed by atoms with Gasteiger partial charge in [0.05, 0.1) is 17.8 Å². The minimum Gasteiger partial charge on any atom is -0.486 e. The van der Waals surface area contributed by atoms with Gasteiger partial charge in [-0.3, -0.25) is 4.79 Å². The van der Waals surface area contributed by atoms with Crippen LogP contribution in [0.2, 0.25) is 0 Å². The van der Waals surface area contributed by atoms with Crippen LogP contribution in [0.5, 0.6) is 11.5 Å².